The van der Waals surface area contributed by atoms with Crippen LogP contribution >= 0.6 is 0 Å². The van der Waals surface area contributed by atoms with Crippen LogP contribution in [0, 0.1) is 13.8 Å². The Morgan fingerprint density at radius 3 is 2.42 bits per heavy atom. The Kier molecular flexibility index (Phi) is 5.31. The molecular formula is C23H27N7O. The Labute approximate surface area is 181 Å². The van der Waals surface area contributed by atoms with Crippen molar-refractivity contribution in [1.29, 1.82) is 0 Å². The number of aryl methyl sites for hydroxylation is 2. The number of hydrogen-bond acceptors (Lipinski definition) is 5. The zero-order chi connectivity index (χ0) is 22.3. The number of carbonyl (C=O) groups excluding carboxylic acids is 1. The Hall–Kier alpha value is -3.55. The lowest BCUT2D eigenvalue weighted by molar-refractivity contribution is 0.102. The summed E-state index contributed by atoms with van der Waals surface area (Å²) in [6, 6.07) is 7.67. The van der Waals surface area contributed by atoms with E-state index in [0.29, 0.717) is 17.1 Å². The van der Waals surface area contributed by atoms with Crippen LogP contribution in [-0.2, 0) is 0 Å². The van der Waals surface area contributed by atoms with Gasteiger partial charge in [0.25, 0.3) is 5.91 Å². The third-order valence-corrected chi connectivity index (χ3v) is 5.14. The van der Waals surface area contributed by atoms with Crippen LogP contribution in [0.2, 0.25) is 0 Å². The second kappa shape index (κ2) is 7.94. The molecule has 0 aliphatic carbocycles. The maximum absolute atomic E-state index is 13.2. The predicted octanol–water partition coefficient (Wildman–Crippen LogP) is 4.59. The molecule has 0 aliphatic heterocycles. The molecule has 0 saturated heterocycles. The van der Waals surface area contributed by atoms with Gasteiger partial charge < -0.3 is 5.32 Å². The van der Waals surface area contributed by atoms with Gasteiger partial charge in [0.2, 0.25) is 0 Å². The molecule has 0 radical (unpaired) electrons. The highest BCUT2D eigenvalue weighted by molar-refractivity contribution is 6.12. The Balaban J connectivity index is 1.66. The van der Waals surface area contributed by atoms with Gasteiger partial charge in [-0.05, 0) is 57.9 Å². The predicted molar refractivity (Wildman–Crippen MR) is 121 cm³/mol. The van der Waals surface area contributed by atoms with Crippen LogP contribution in [0.3, 0.4) is 0 Å². The van der Waals surface area contributed by atoms with Crippen molar-refractivity contribution in [3.05, 3.63) is 59.3 Å². The maximum atomic E-state index is 13.2. The van der Waals surface area contributed by atoms with Crippen molar-refractivity contribution in [2.24, 2.45) is 0 Å². The standard InChI is InChI=1S/C23H27N7O/c1-13(2)20-10-18(19-12-25-29(14(3)4)22(19)27-20)23(31)26-17-7-8-21(24-11-17)30-16(6)9-15(5)28-30/h7-14H,1-6H3,(H,26,31). The van der Waals surface area contributed by atoms with E-state index in [2.05, 4.69) is 34.3 Å². The molecule has 4 heterocycles. The van der Waals surface area contributed by atoms with Gasteiger partial charge in [-0.25, -0.2) is 19.3 Å². The number of hydrogen-bond donors (Lipinski definition) is 1. The lowest BCUT2D eigenvalue weighted by atomic mass is 10.0. The number of rotatable bonds is 5. The first-order chi connectivity index (χ1) is 14.7. The van der Waals surface area contributed by atoms with E-state index >= 15 is 0 Å². The third kappa shape index (κ3) is 3.93. The number of aromatic nitrogens is 6. The SMILES string of the molecule is Cc1cc(C)n(-c2ccc(NC(=O)c3cc(C(C)C)nc4c3cnn4C(C)C)cn2)n1. The molecule has 4 rings (SSSR count). The normalized spacial score (nSPS) is 11.6. The molecule has 8 heteroatoms. The van der Waals surface area contributed by atoms with Crippen molar-refractivity contribution in [3.8, 4) is 5.82 Å². The van der Waals surface area contributed by atoms with Crippen LogP contribution in [0.15, 0.2) is 36.7 Å². The van der Waals surface area contributed by atoms with Gasteiger partial charge >= 0.3 is 0 Å². The minimum absolute atomic E-state index is 0.148. The molecule has 4 aromatic heterocycles. The maximum Gasteiger partial charge on any atom is 0.256 e. The number of carbonyl (C=O) groups is 1. The average Bonchev–Trinajstić information content (AvgIpc) is 3.30. The van der Waals surface area contributed by atoms with Crippen molar-refractivity contribution in [1.82, 2.24) is 29.5 Å². The zero-order valence-electron chi connectivity index (χ0n) is 18.7. The Morgan fingerprint density at radius 2 is 1.84 bits per heavy atom. The molecule has 4 aromatic rings. The summed E-state index contributed by atoms with van der Waals surface area (Å²) in [5, 5.41) is 12.6. The lowest BCUT2D eigenvalue weighted by Gasteiger charge is -2.12. The van der Waals surface area contributed by atoms with Crippen LogP contribution in [0.1, 0.15) is 67.1 Å². The molecule has 0 bridgehead atoms. The summed E-state index contributed by atoms with van der Waals surface area (Å²) in [6.45, 7) is 12.1. The van der Waals surface area contributed by atoms with Crippen molar-refractivity contribution < 1.29 is 4.79 Å². The number of nitrogens with zero attached hydrogens (tertiary/aromatic N) is 6. The summed E-state index contributed by atoms with van der Waals surface area (Å²) in [6.07, 6.45) is 3.36. The monoisotopic (exact) mass is 417 g/mol. The van der Waals surface area contributed by atoms with Gasteiger partial charge in [-0.2, -0.15) is 10.2 Å². The molecule has 0 spiro atoms. The highest BCUT2D eigenvalue weighted by atomic mass is 16.1. The largest absolute Gasteiger partial charge is 0.321 e. The molecule has 0 saturated carbocycles. The van der Waals surface area contributed by atoms with Crippen LogP contribution in [0.25, 0.3) is 16.9 Å². The Morgan fingerprint density at radius 1 is 1.06 bits per heavy atom. The highest BCUT2D eigenvalue weighted by Crippen LogP contribution is 2.25. The molecule has 1 amide bonds. The van der Waals surface area contributed by atoms with Crippen LogP contribution in [-0.4, -0.2) is 35.4 Å². The van der Waals surface area contributed by atoms with Crippen molar-refractivity contribution >= 4 is 22.6 Å². The van der Waals surface area contributed by atoms with E-state index in [0.717, 1.165) is 28.1 Å². The fraction of sp³-hybridized carbons (Fsp3) is 0.348. The van der Waals surface area contributed by atoms with E-state index in [4.69, 9.17) is 4.98 Å². The van der Waals surface area contributed by atoms with E-state index in [1.807, 2.05) is 56.6 Å². The molecule has 0 aliphatic rings. The summed E-state index contributed by atoms with van der Waals surface area (Å²) in [7, 11) is 0. The zero-order valence-corrected chi connectivity index (χ0v) is 18.7. The summed E-state index contributed by atoms with van der Waals surface area (Å²) < 4.78 is 3.63. The minimum atomic E-state index is -0.210. The minimum Gasteiger partial charge on any atom is -0.321 e. The summed E-state index contributed by atoms with van der Waals surface area (Å²) >= 11 is 0. The van der Waals surface area contributed by atoms with E-state index in [1.165, 1.54) is 0 Å². The summed E-state index contributed by atoms with van der Waals surface area (Å²) in [5.74, 6) is 0.682. The molecule has 0 aromatic carbocycles. The molecule has 1 N–H and O–H groups in total. The highest BCUT2D eigenvalue weighted by Gasteiger charge is 2.19. The first kappa shape index (κ1) is 20.7. The van der Waals surface area contributed by atoms with Crippen molar-refractivity contribution in [2.45, 2.75) is 53.5 Å². The van der Waals surface area contributed by atoms with Gasteiger partial charge in [0.05, 0.1) is 34.7 Å². The molecule has 160 valence electrons. The lowest BCUT2D eigenvalue weighted by Crippen LogP contribution is -2.14. The number of anilines is 1. The van der Waals surface area contributed by atoms with Crippen molar-refractivity contribution in [2.75, 3.05) is 5.32 Å². The molecule has 8 nitrogen and oxygen atoms in total. The number of nitrogens with one attached hydrogen (secondary N) is 1. The topological polar surface area (TPSA) is 90.5 Å². The van der Waals surface area contributed by atoms with Crippen LogP contribution in [0.5, 0.6) is 0 Å². The van der Waals surface area contributed by atoms with Crippen molar-refractivity contribution in [3.63, 3.8) is 0 Å². The number of fused-ring (bicyclic) bond motifs is 1. The van der Waals surface area contributed by atoms with E-state index in [-0.39, 0.29) is 17.9 Å². The molecule has 31 heavy (non-hydrogen) atoms. The Bertz CT molecular complexity index is 1250. The average molecular weight is 418 g/mol. The molecule has 0 unspecified atom stereocenters. The van der Waals surface area contributed by atoms with Gasteiger partial charge in [-0.3, -0.25) is 4.79 Å². The third-order valence-electron chi connectivity index (χ3n) is 5.14. The first-order valence-electron chi connectivity index (χ1n) is 10.4. The fourth-order valence-corrected chi connectivity index (χ4v) is 3.54. The summed E-state index contributed by atoms with van der Waals surface area (Å²) in [5.41, 5.74) is 4.69. The number of amides is 1. The van der Waals surface area contributed by atoms with Gasteiger partial charge in [0, 0.05) is 17.4 Å². The van der Waals surface area contributed by atoms with E-state index < -0.39 is 0 Å². The first-order valence-corrected chi connectivity index (χ1v) is 10.4. The fourth-order valence-electron chi connectivity index (χ4n) is 3.54. The quantitative estimate of drug-likeness (QED) is 0.513. The molecule has 0 atom stereocenters. The van der Waals surface area contributed by atoms with Gasteiger partial charge in [0.1, 0.15) is 0 Å². The number of pyridine rings is 2. The van der Waals surface area contributed by atoms with Crippen LogP contribution in [0.4, 0.5) is 5.69 Å². The smallest absolute Gasteiger partial charge is 0.256 e. The second-order valence-electron chi connectivity index (χ2n) is 8.37. The van der Waals surface area contributed by atoms with Crippen LogP contribution < -0.4 is 5.32 Å². The molecule has 0 fully saturated rings. The van der Waals surface area contributed by atoms with E-state index in [9.17, 15) is 4.79 Å². The van der Waals surface area contributed by atoms with E-state index in [1.54, 1.807) is 17.1 Å². The van der Waals surface area contributed by atoms with Gasteiger partial charge in [0.15, 0.2) is 11.5 Å². The van der Waals surface area contributed by atoms with Gasteiger partial charge in [-0.15, -0.1) is 0 Å². The molecular weight excluding hydrogens is 390 g/mol. The summed E-state index contributed by atoms with van der Waals surface area (Å²) in [4.78, 5) is 22.4. The van der Waals surface area contributed by atoms with Gasteiger partial charge in [-0.1, -0.05) is 13.8 Å². The second-order valence-corrected chi connectivity index (χ2v) is 8.37.